The van der Waals surface area contributed by atoms with Gasteiger partial charge in [0.1, 0.15) is 22.3 Å². The van der Waals surface area contributed by atoms with E-state index in [1.807, 2.05) is 20.8 Å². The highest BCUT2D eigenvalue weighted by Gasteiger charge is 1.97. The van der Waals surface area contributed by atoms with Crippen LogP contribution >= 0.6 is 0 Å². The van der Waals surface area contributed by atoms with E-state index in [1.54, 1.807) is 24.8 Å². The smallest absolute Gasteiger partial charge is 0.214 e. The average molecular weight is 287 g/mol. The third-order valence-corrected chi connectivity index (χ3v) is 2.49. The molecule has 0 radical (unpaired) electrons. The highest BCUT2D eigenvalue weighted by atomic mass is 15.1. The van der Waals surface area contributed by atoms with Crippen LogP contribution in [-0.4, -0.2) is 19.9 Å². The molecule has 0 fully saturated rings. The molecule has 0 aliphatic rings. The summed E-state index contributed by atoms with van der Waals surface area (Å²) in [5.74, 6) is 1.51. The lowest BCUT2D eigenvalue weighted by atomic mass is 10.2. The van der Waals surface area contributed by atoms with Crippen LogP contribution in [0.15, 0.2) is 29.9 Å². The molecule has 2 aromatic rings. The molecule has 2 rings (SSSR count). The van der Waals surface area contributed by atoms with Crippen molar-refractivity contribution < 1.29 is 0 Å². The van der Waals surface area contributed by atoms with Crippen molar-refractivity contribution in [1.82, 2.24) is 24.8 Å². The minimum Gasteiger partial charge on any atom is -0.324 e. The van der Waals surface area contributed by atoms with Crippen molar-refractivity contribution in [2.24, 2.45) is 10.8 Å². The highest BCUT2D eigenvalue weighted by molar-refractivity contribution is 5.08. The molecule has 8 heteroatoms. The third-order valence-electron chi connectivity index (χ3n) is 2.49. The SMILES string of the molecule is Cc1ncc(C(C)N)cn1.Cc1ncc(CN=[N+]=N)cn1. The van der Waals surface area contributed by atoms with Crippen LogP contribution in [-0.2, 0) is 6.54 Å². The zero-order chi connectivity index (χ0) is 15.7. The maximum atomic E-state index is 6.41. The number of aryl methyl sites for hydroxylation is 2. The van der Waals surface area contributed by atoms with Crippen LogP contribution in [0.25, 0.3) is 0 Å². The topological polar surface area (TPSA) is 128 Å². The van der Waals surface area contributed by atoms with Crippen LogP contribution in [0.2, 0.25) is 0 Å². The van der Waals surface area contributed by atoms with Gasteiger partial charge in [0.2, 0.25) is 4.91 Å². The Kier molecular flexibility index (Phi) is 6.73. The number of nitrogens with one attached hydrogen (secondary N) is 1. The first-order valence-corrected chi connectivity index (χ1v) is 6.37. The average Bonchev–Trinajstić information content (AvgIpc) is 2.48. The molecule has 0 bridgehead atoms. The lowest BCUT2D eigenvalue weighted by molar-refractivity contribution is 0.797. The third kappa shape index (κ3) is 6.42. The monoisotopic (exact) mass is 287 g/mol. The van der Waals surface area contributed by atoms with E-state index in [1.165, 1.54) is 0 Å². The standard InChI is InChI=1S/C7H11N3.C6H8N5/c1-5(8)7-3-9-6(2)10-4-7;1-5-8-2-6(3-9-5)4-10-11-7/h3-5H,8H2,1-2H3;2-3,7H,4H2,1H3/q;+1. The van der Waals surface area contributed by atoms with E-state index >= 15 is 0 Å². The number of nitrogens with zero attached hydrogens (tertiary/aromatic N) is 6. The summed E-state index contributed by atoms with van der Waals surface area (Å²) in [6.45, 7) is 5.96. The summed E-state index contributed by atoms with van der Waals surface area (Å²) >= 11 is 0. The Morgan fingerprint density at radius 3 is 2.00 bits per heavy atom. The fourth-order valence-electron chi connectivity index (χ4n) is 1.26. The first-order chi connectivity index (χ1) is 10.0. The summed E-state index contributed by atoms with van der Waals surface area (Å²) in [4.78, 5) is 18.8. The second-order valence-corrected chi connectivity index (χ2v) is 4.39. The lowest BCUT2D eigenvalue weighted by Gasteiger charge is -2.02. The van der Waals surface area contributed by atoms with E-state index in [0.29, 0.717) is 6.54 Å². The van der Waals surface area contributed by atoms with E-state index in [-0.39, 0.29) is 6.04 Å². The number of nitrogens with two attached hydrogens (primary N) is 1. The minimum atomic E-state index is 0.0283. The van der Waals surface area contributed by atoms with Crippen molar-refractivity contribution in [3.63, 3.8) is 0 Å². The van der Waals surface area contributed by atoms with E-state index < -0.39 is 0 Å². The maximum Gasteiger partial charge on any atom is 0.214 e. The Labute approximate surface area is 123 Å². The second kappa shape index (κ2) is 8.57. The van der Waals surface area contributed by atoms with Crippen molar-refractivity contribution in [3.8, 4) is 0 Å². The summed E-state index contributed by atoms with van der Waals surface area (Å²) in [6, 6.07) is 0.0283. The largest absolute Gasteiger partial charge is 0.324 e. The first kappa shape index (κ1) is 16.5. The van der Waals surface area contributed by atoms with Crippen molar-refractivity contribution in [2.75, 3.05) is 0 Å². The van der Waals surface area contributed by atoms with E-state index in [4.69, 9.17) is 11.3 Å². The zero-order valence-electron chi connectivity index (χ0n) is 12.4. The van der Waals surface area contributed by atoms with Crippen molar-refractivity contribution in [1.29, 1.82) is 5.53 Å². The molecule has 3 N–H and O–H groups in total. The Balaban J connectivity index is 0.000000211. The molecule has 0 spiro atoms. The lowest BCUT2D eigenvalue weighted by Crippen LogP contribution is -2.06. The molecule has 0 saturated heterocycles. The van der Waals surface area contributed by atoms with Crippen molar-refractivity contribution >= 4 is 0 Å². The number of hydrogen-bond donors (Lipinski definition) is 2. The molecule has 0 aromatic carbocycles. The minimum absolute atomic E-state index is 0.0283. The number of rotatable bonds is 3. The molecule has 8 nitrogen and oxygen atoms in total. The Morgan fingerprint density at radius 1 is 1.10 bits per heavy atom. The highest BCUT2D eigenvalue weighted by Crippen LogP contribution is 2.04. The van der Waals surface area contributed by atoms with E-state index in [9.17, 15) is 0 Å². The predicted molar refractivity (Wildman–Crippen MR) is 77.1 cm³/mol. The van der Waals surface area contributed by atoms with Gasteiger partial charge in [0, 0.05) is 42.0 Å². The molecule has 21 heavy (non-hydrogen) atoms. The van der Waals surface area contributed by atoms with Gasteiger partial charge < -0.3 is 5.73 Å². The number of aromatic nitrogens is 4. The Hall–Kier alpha value is -2.57. The molecule has 0 aliphatic heterocycles. The molecule has 2 aromatic heterocycles. The van der Waals surface area contributed by atoms with E-state index in [2.05, 4.69) is 30.0 Å². The zero-order valence-corrected chi connectivity index (χ0v) is 12.4. The fourth-order valence-corrected chi connectivity index (χ4v) is 1.26. The molecule has 0 aliphatic carbocycles. The van der Waals surface area contributed by atoms with Crippen molar-refractivity contribution in [2.45, 2.75) is 33.4 Å². The summed E-state index contributed by atoms with van der Waals surface area (Å²) < 4.78 is 0. The number of hydrogen-bond acceptors (Lipinski definition) is 7. The summed E-state index contributed by atoms with van der Waals surface area (Å²) in [6.07, 6.45) is 6.87. The van der Waals surface area contributed by atoms with Gasteiger partial charge in [-0.1, -0.05) is 0 Å². The fraction of sp³-hybridized carbons (Fsp3) is 0.385. The Morgan fingerprint density at radius 2 is 1.57 bits per heavy atom. The molecule has 110 valence electrons. The van der Waals surface area contributed by atoms with Crippen LogP contribution in [0.3, 0.4) is 0 Å². The molecular weight excluding hydrogens is 268 g/mol. The van der Waals surface area contributed by atoms with Gasteiger partial charge in [-0.3, -0.25) is 0 Å². The van der Waals surface area contributed by atoms with Gasteiger partial charge in [0.05, 0.1) is 0 Å². The van der Waals surface area contributed by atoms with Gasteiger partial charge in [-0.2, -0.15) is 0 Å². The van der Waals surface area contributed by atoms with Crippen LogP contribution in [0.1, 0.15) is 35.7 Å². The van der Waals surface area contributed by atoms with Crippen LogP contribution < -0.4 is 10.6 Å². The quantitative estimate of drug-likeness (QED) is 0.655. The molecule has 2 heterocycles. The van der Waals surface area contributed by atoms with Gasteiger partial charge in [0.15, 0.2) is 6.54 Å². The normalized spacial score (nSPS) is 10.9. The Bertz CT molecular complexity index is 585. The maximum absolute atomic E-state index is 6.41. The van der Waals surface area contributed by atoms with Gasteiger partial charge in [0.25, 0.3) is 0 Å². The molecule has 1 atom stereocenters. The summed E-state index contributed by atoms with van der Waals surface area (Å²) in [5, 5.41) is 3.48. The molecule has 0 saturated carbocycles. The van der Waals surface area contributed by atoms with Gasteiger partial charge >= 0.3 is 0 Å². The summed E-state index contributed by atoms with van der Waals surface area (Å²) in [5.41, 5.74) is 13.8. The predicted octanol–water partition coefficient (Wildman–Crippen LogP) is 1.64. The van der Waals surface area contributed by atoms with Gasteiger partial charge in [-0.15, -0.1) is 0 Å². The van der Waals surface area contributed by atoms with Gasteiger partial charge in [-0.05, 0) is 20.8 Å². The first-order valence-electron chi connectivity index (χ1n) is 6.37. The van der Waals surface area contributed by atoms with Gasteiger partial charge in [-0.25, -0.2) is 19.9 Å². The van der Waals surface area contributed by atoms with E-state index in [0.717, 1.165) is 22.8 Å². The second-order valence-electron chi connectivity index (χ2n) is 4.39. The summed E-state index contributed by atoms with van der Waals surface area (Å²) in [7, 11) is 0. The van der Waals surface area contributed by atoms with Crippen molar-refractivity contribution in [3.05, 3.63) is 47.6 Å². The molecule has 1 unspecified atom stereocenters. The molecular formula is C13H19N8+. The molecule has 0 amide bonds. The van der Waals surface area contributed by atoms with Crippen LogP contribution in [0, 0.1) is 19.4 Å². The van der Waals surface area contributed by atoms with Crippen LogP contribution in [0.5, 0.6) is 0 Å². The van der Waals surface area contributed by atoms with Crippen LogP contribution in [0.4, 0.5) is 0 Å².